The summed E-state index contributed by atoms with van der Waals surface area (Å²) in [5, 5.41) is 7.07. The fourth-order valence-corrected chi connectivity index (χ4v) is 2.41. The Kier molecular flexibility index (Phi) is 4.74. The molecule has 3 rings (SSSR count). The molecule has 0 spiro atoms. The van der Waals surface area contributed by atoms with Crippen LogP contribution < -0.4 is 5.32 Å². The van der Waals surface area contributed by atoms with Crippen molar-refractivity contribution in [2.75, 3.05) is 5.32 Å². The van der Waals surface area contributed by atoms with Gasteiger partial charge in [-0.05, 0) is 13.8 Å². The summed E-state index contributed by atoms with van der Waals surface area (Å²) in [5.74, 6) is 1.88. The van der Waals surface area contributed by atoms with Gasteiger partial charge in [0.2, 0.25) is 5.91 Å². The van der Waals surface area contributed by atoms with Crippen molar-refractivity contribution < 1.29 is 9.21 Å². The van der Waals surface area contributed by atoms with Crippen LogP contribution in [-0.2, 0) is 11.2 Å². The highest BCUT2D eigenvalue weighted by molar-refractivity contribution is 5.89. The molecule has 0 aliphatic carbocycles. The van der Waals surface area contributed by atoms with E-state index in [4.69, 9.17) is 4.42 Å². The van der Waals surface area contributed by atoms with Gasteiger partial charge in [-0.25, -0.2) is 9.67 Å². The second-order valence-electron chi connectivity index (χ2n) is 5.79. The van der Waals surface area contributed by atoms with Crippen LogP contribution >= 0.6 is 0 Å². The van der Waals surface area contributed by atoms with Gasteiger partial charge in [-0.2, -0.15) is 5.10 Å². The molecule has 0 fully saturated rings. The van der Waals surface area contributed by atoms with Crippen LogP contribution in [0.3, 0.4) is 0 Å². The average Bonchev–Trinajstić information content (AvgIpc) is 3.23. The van der Waals surface area contributed by atoms with E-state index in [1.54, 1.807) is 23.1 Å². The molecule has 0 bridgehead atoms. The normalized spacial score (nSPS) is 11.0. The van der Waals surface area contributed by atoms with Crippen molar-refractivity contribution in [3.05, 3.63) is 54.7 Å². The highest BCUT2D eigenvalue weighted by Gasteiger charge is 2.12. The first-order chi connectivity index (χ1) is 11.6. The van der Waals surface area contributed by atoms with E-state index >= 15 is 0 Å². The van der Waals surface area contributed by atoms with Gasteiger partial charge in [0.1, 0.15) is 5.82 Å². The standard InChI is InChI=1S/C18H20N4O2/c1-13(2)22-16(10-11-20-22)21-17(23)8-9-18-19-12-15(24-18)14-6-4-3-5-7-14/h3-7,10-13H,8-9H2,1-2H3,(H,21,23). The van der Waals surface area contributed by atoms with Crippen LogP contribution in [0.1, 0.15) is 32.2 Å². The summed E-state index contributed by atoms with van der Waals surface area (Å²) < 4.78 is 7.48. The molecule has 0 saturated carbocycles. The van der Waals surface area contributed by atoms with Crippen molar-refractivity contribution in [1.29, 1.82) is 0 Å². The molecule has 3 aromatic rings. The van der Waals surface area contributed by atoms with Crippen LogP contribution in [-0.4, -0.2) is 20.7 Å². The summed E-state index contributed by atoms with van der Waals surface area (Å²) in [5.41, 5.74) is 0.974. The number of hydrogen-bond acceptors (Lipinski definition) is 4. The molecular formula is C18H20N4O2. The highest BCUT2D eigenvalue weighted by atomic mass is 16.4. The van der Waals surface area contributed by atoms with E-state index in [0.717, 1.165) is 5.56 Å². The van der Waals surface area contributed by atoms with Crippen molar-refractivity contribution in [2.45, 2.75) is 32.7 Å². The Hall–Kier alpha value is -2.89. The molecule has 6 heteroatoms. The number of nitrogens with zero attached hydrogens (tertiary/aromatic N) is 3. The second-order valence-corrected chi connectivity index (χ2v) is 5.79. The zero-order valence-corrected chi connectivity index (χ0v) is 13.8. The van der Waals surface area contributed by atoms with Crippen LogP contribution in [0.2, 0.25) is 0 Å². The van der Waals surface area contributed by atoms with E-state index in [9.17, 15) is 4.79 Å². The summed E-state index contributed by atoms with van der Waals surface area (Å²) in [6.45, 7) is 4.03. The number of carbonyl (C=O) groups excluding carboxylic acids is 1. The molecule has 0 radical (unpaired) electrons. The smallest absolute Gasteiger partial charge is 0.226 e. The van der Waals surface area contributed by atoms with Crippen LogP contribution in [0.5, 0.6) is 0 Å². The minimum atomic E-state index is -0.0862. The quantitative estimate of drug-likeness (QED) is 0.750. The fourth-order valence-electron chi connectivity index (χ4n) is 2.41. The molecule has 2 aromatic heterocycles. The Labute approximate surface area is 140 Å². The van der Waals surface area contributed by atoms with E-state index in [2.05, 4.69) is 15.4 Å². The number of aromatic nitrogens is 3. The molecule has 1 aromatic carbocycles. The van der Waals surface area contributed by atoms with Crippen LogP contribution in [0.4, 0.5) is 5.82 Å². The second kappa shape index (κ2) is 7.12. The highest BCUT2D eigenvalue weighted by Crippen LogP contribution is 2.20. The predicted molar refractivity (Wildman–Crippen MR) is 91.5 cm³/mol. The molecule has 0 atom stereocenters. The number of benzene rings is 1. The van der Waals surface area contributed by atoms with E-state index < -0.39 is 0 Å². The van der Waals surface area contributed by atoms with Crippen molar-refractivity contribution in [3.8, 4) is 11.3 Å². The number of hydrogen-bond donors (Lipinski definition) is 1. The summed E-state index contributed by atoms with van der Waals surface area (Å²) in [6, 6.07) is 11.7. The van der Waals surface area contributed by atoms with Crippen molar-refractivity contribution in [1.82, 2.24) is 14.8 Å². The summed E-state index contributed by atoms with van der Waals surface area (Å²) in [6.07, 6.45) is 4.12. The lowest BCUT2D eigenvalue weighted by molar-refractivity contribution is -0.116. The third-order valence-corrected chi connectivity index (χ3v) is 3.60. The molecule has 24 heavy (non-hydrogen) atoms. The SMILES string of the molecule is CC(C)n1nccc1NC(=O)CCc1ncc(-c2ccccc2)o1. The van der Waals surface area contributed by atoms with Crippen LogP contribution in [0, 0.1) is 0 Å². The van der Waals surface area contributed by atoms with Gasteiger partial charge < -0.3 is 9.73 Å². The van der Waals surface area contributed by atoms with E-state index in [-0.39, 0.29) is 11.9 Å². The molecule has 124 valence electrons. The van der Waals surface area contributed by atoms with E-state index in [1.165, 1.54) is 0 Å². The Bertz CT molecular complexity index is 805. The molecule has 0 unspecified atom stereocenters. The molecule has 0 aliphatic heterocycles. The molecule has 6 nitrogen and oxygen atoms in total. The zero-order chi connectivity index (χ0) is 16.9. The zero-order valence-electron chi connectivity index (χ0n) is 13.8. The molecular weight excluding hydrogens is 304 g/mol. The Balaban J connectivity index is 1.57. The maximum atomic E-state index is 12.1. The van der Waals surface area contributed by atoms with Crippen molar-refractivity contribution in [3.63, 3.8) is 0 Å². The fraction of sp³-hybridized carbons (Fsp3) is 0.278. The van der Waals surface area contributed by atoms with Gasteiger partial charge in [0.15, 0.2) is 11.7 Å². The first-order valence-corrected chi connectivity index (χ1v) is 7.97. The van der Waals surface area contributed by atoms with Crippen molar-refractivity contribution >= 4 is 11.7 Å². The average molecular weight is 324 g/mol. The van der Waals surface area contributed by atoms with Crippen LogP contribution in [0.15, 0.2) is 53.2 Å². The molecule has 0 saturated heterocycles. The minimum Gasteiger partial charge on any atom is -0.441 e. The van der Waals surface area contributed by atoms with E-state index in [1.807, 2.05) is 44.2 Å². The summed E-state index contributed by atoms with van der Waals surface area (Å²) in [7, 11) is 0. The predicted octanol–water partition coefficient (Wildman–Crippen LogP) is 3.69. The number of carbonyl (C=O) groups is 1. The first-order valence-electron chi connectivity index (χ1n) is 7.97. The molecule has 0 aliphatic rings. The Morgan fingerprint density at radius 2 is 2.04 bits per heavy atom. The third-order valence-electron chi connectivity index (χ3n) is 3.60. The first kappa shape index (κ1) is 16.0. The van der Waals surface area contributed by atoms with Gasteiger partial charge >= 0.3 is 0 Å². The Morgan fingerprint density at radius 3 is 2.79 bits per heavy atom. The van der Waals surface area contributed by atoms with Gasteiger partial charge in [-0.15, -0.1) is 0 Å². The van der Waals surface area contributed by atoms with Crippen LogP contribution in [0.25, 0.3) is 11.3 Å². The van der Waals surface area contributed by atoms with Crippen molar-refractivity contribution in [2.24, 2.45) is 0 Å². The number of nitrogens with one attached hydrogen (secondary N) is 1. The minimum absolute atomic E-state index is 0.0862. The van der Waals surface area contributed by atoms with Gasteiger partial charge in [-0.3, -0.25) is 4.79 Å². The number of amides is 1. The lowest BCUT2D eigenvalue weighted by atomic mass is 10.2. The maximum absolute atomic E-state index is 12.1. The molecule has 1 amide bonds. The summed E-state index contributed by atoms with van der Waals surface area (Å²) in [4.78, 5) is 16.4. The number of anilines is 1. The Morgan fingerprint density at radius 1 is 1.25 bits per heavy atom. The lowest BCUT2D eigenvalue weighted by Crippen LogP contribution is -2.17. The molecule has 1 N–H and O–H groups in total. The maximum Gasteiger partial charge on any atom is 0.226 e. The summed E-state index contributed by atoms with van der Waals surface area (Å²) >= 11 is 0. The monoisotopic (exact) mass is 324 g/mol. The number of rotatable bonds is 6. The van der Waals surface area contributed by atoms with E-state index in [0.29, 0.717) is 30.3 Å². The third kappa shape index (κ3) is 3.71. The number of aryl methyl sites for hydroxylation is 1. The largest absolute Gasteiger partial charge is 0.441 e. The van der Waals surface area contributed by atoms with Gasteiger partial charge in [-0.1, -0.05) is 30.3 Å². The van der Waals surface area contributed by atoms with Gasteiger partial charge in [0, 0.05) is 30.5 Å². The molecule has 2 heterocycles. The van der Waals surface area contributed by atoms with Gasteiger partial charge in [0.25, 0.3) is 0 Å². The number of oxazole rings is 1. The topological polar surface area (TPSA) is 73.0 Å². The lowest BCUT2D eigenvalue weighted by Gasteiger charge is -2.11. The van der Waals surface area contributed by atoms with Gasteiger partial charge in [0.05, 0.1) is 12.4 Å².